The van der Waals surface area contributed by atoms with Crippen LogP contribution in [0.2, 0.25) is 0 Å². The number of nitrogens with zero attached hydrogens (tertiary/aromatic N) is 1. The second-order valence-corrected chi connectivity index (χ2v) is 5.36. The van der Waals surface area contributed by atoms with Crippen LogP contribution in [-0.2, 0) is 6.54 Å². The monoisotopic (exact) mass is 264 g/mol. The molecular formula is C17H16N2O. The van der Waals surface area contributed by atoms with Gasteiger partial charge in [-0.1, -0.05) is 47.6 Å². The van der Waals surface area contributed by atoms with E-state index in [4.69, 9.17) is 4.52 Å². The van der Waals surface area contributed by atoms with E-state index in [0.717, 1.165) is 23.6 Å². The number of hydrogen-bond acceptors (Lipinski definition) is 3. The number of benzene rings is 2. The Morgan fingerprint density at radius 1 is 1.10 bits per heavy atom. The molecule has 1 fully saturated rings. The first kappa shape index (κ1) is 11.7. The zero-order valence-electron chi connectivity index (χ0n) is 11.2. The maximum absolute atomic E-state index is 5.52. The highest BCUT2D eigenvalue weighted by Crippen LogP contribution is 2.29. The molecule has 100 valence electrons. The summed E-state index contributed by atoms with van der Waals surface area (Å²) in [4.78, 5) is 0. The third-order valence-electron chi connectivity index (χ3n) is 3.76. The third kappa shape index (κ3) is 2.21. The first-order valence-corrected chi connectivity index (χ1v) is 7.07. The van der Waals surface area contributed by atoms with Crippen molar-refractivity contribution in [2.45, 2.75) is 25.4 Å². The Bertz CT molecular complexity index is 738. The molecule has 3 aromatic rings. The maximum Gasteiger partial charge on any atom is 0.167 e. The molecule has 0 saturated heterocycles. The quantitative estimate of drug-likeness (QED) is 0.780. The minimum atomic E-state index is 0.688. The molecule has 0 bridgehead atoms. The topological polar surface area (TPSA) is 38.1 Å². The molecule has 3 nitrogen and oxygen atoms in total. The van der Waals surface area contributed by atoms with Crippen molar-refractivity contribution in [3.63, 3.8) is 0 Å². The van der Waals surface area contributed by atoms with E-state index in [2.05, 4.69) is 52.9 Å². The summed E-state index contributed by atoms with van der Waals surface area (Å²) in [7, 11) is 0. The fourth-order valence-corrected chi connectivity index (χ4v) is 2.50. The molecule has 1 aromatic heterocycles. The van der Waals surface area contributed by atoms with Gasteiger partial charge in [-0.15, -0.1) is 0 Å². The molecular weight excluding hydrogens is 248 g/mol. The van der Waals surface area contributed by atoms with Crippen molar-refractivity contribution in [3.8, 4) is 11.3 Å². The van der Waals surface area contributed by atoms with E-state index in [0.29, 0.717) is 6.04 Å². The Balaban J connectivity index is 1.67. The van der Waals surface area contributed by atoms with Gasteiger partial charge >= 0.3 is 0 Å². The summed E-state index contributed by atoms with van der Waals surface area (Å²) in [6.45, 7) is 0.791. The number of hydrogen-bond donors (Lipinski definition) is 1. The second kappa shape index (κ2) is 4.76. The summed E-state index contributed by atoms with van der Waals surface area (Å²) in [6, 6.07) is 17.3. The van der Waals surface area contributed by atoms with Crippen LogP contribution < -0.4 is 5.32 Å². The molecule has 1 N–H and O–H groups in total. The van der Waals surface area contributed by atoms with E-state index in [1.54, 1.807) is 0 Å². The summed E-state index contributed by atoms with van der Waals surface area (Å²) >= 11 is 0. The van der Waals surface area contributed by atoms with E-state index < -0.39 is 0 Å². The van der Waals surface area contributed by atoms with Crippen LogP contribution in [0.1, 0.15) is 18.5 Å². The number of nitrogens with one attached hydrogen (secondary N) is 1. The van der Waals surface area contributed by atoms with E-state index in [1.165, 1.54) is 23.6 Å². The molecule has 0 spiro atoms. The van der Waals surface area contributed by atoms with Gasteiger partial charge in [0.05, 0.1) is 5.69 Å². The van der Waals surface area contributed by atoms with Gasteiger partial charge in [-0.25, -0.2) is 0 Å². The predicted octanol–water partition coefficient (Wildman–Crippen LogP) is 3.75. The van der Waals surface area contributed by atoms with Gasteiger partial charge in [0.15, 0.2) is 5.76 Å². The van der Waals surface area contributed by atoms with Gasteiger partial charge in [0.25, 0.3) is 0 Å². The van der Waals surface area contributed by atoms with Gasteiger partial charge < -0.3 is 9.84 Å². The van der Waals surface area contributed by atoms with Gasteiger partial charge in [-0.3, -0.25) is 0 Å². The predicted molar refractivity (Wildman–Crippen MR) is 79.3 cm³/mol. The molecule has 2 aromatic carbocycles. The highest BCUT2D eigenvalue weighted by molar-refractivity contribution is 5.95. The van der Waals surface area contributed by atoms with Gasteiger partial charge in [-0.05, 0) is 23.6 Å². The second-order valence-electron chi connectivity index (χ2n) is 5.36. The molecule has 0 unspecified atom stereocenters. The molecule has 1 aliphatic rings. The van der Waals surface area contributed by atoms with Crippen LogP contribution in [0, 0.1) is 0 Å². The van der Waals surface area contributed by atoms with Crippen LogP contribution in [0.3, 0.4) is 0 Å². The molecule has 1 heterocycles. The van der Waals surface area contributed by atoms with E-state index >= 15 is 0 Å². The Labute approximate surface area is 117 Å². The lowest BCUT2D eigenvalue weighted by molar-refractivity contribution is 0.420. The zero-order valence-corrected chi connectivity index (χ0v) is 11.2. The fraction of sp³-hybridized carbons (Fsp3) is 0.235. The number of aromatic nitrogens is 1. The lowest BCUT2D eigenvalue weighted by Gasteiger charge is -2.02. The molecule has 0 aliphatic heterocycles. The average molecular weight is 264 g/mol. The SMILES string of the molecule is c1ccc2c(-c3cc(CNC4CC4)no3)cccc2c1. The highest BCUT2D eigenvalue weighted by Gasteiger charge is 2.20. The van der Waals surface area contributed by atoms with Crippen molar-refractivity contribution < 1.29 is 4.52 Å². The van der Waals surface area contributed by atoms with Crippen molar-refractivity contribution in [1.29, 1.82) is 0 Å². The third-order valence-corrected chi connectivity index (χ3v) is 3.76. The van der Waals surface area contributed by atoms with Crippen molar-refractivity contribution >= 4 is 10.8 Å². The molecule has 1 saturated carbocycles. The Morgan fingerprint density at radius 2 is 1.95 bits per heavy atom. The molecule has 1 aliphatic carbocycles. The molecule has 3 heteroatoms. The zero-order chi connectivity index (χ0) is 13.4. The van der Waals surface area contributed by atoms with Crippen LogP contribution in [0.4, 0.5) is 0 Å². The minimum absolute atomic E-state index is 0.688. The number of fused-ring (bicyclic) bond motifs is 1. The van der Waals surface area contributed by atoms with Crippen LogP contribution >= 0.6 is 0 Å². The van der Waals surface area contributed by atoms with Gasteiger partial charge in [0.2, 0.25) is 0 Å². The van der Waals surface area contributed by atoms with Crippen molar-refractivity contribution in [3.05, 3.63) is 54.2 Å². The van der Waals surface area contributed by atoms with Crippen molar-refractivity contribution in [1.82, 2.24) is 10.5 Å². The van der Waals surface area contributed by atoms with Gasteiger partial charge in [0.1, 0.15) is 0 Å². The summed E-state index contributed by atoms with van der Waals surface area (Å²) in [5, 5.41) is 10.0. The first-order valence-electron chi connectivity index (χ1n) is 7.07. The summed E-state index contributed by atoms with van der Waals surface area (Å²) in [6.07, 6.45) is 2.57. The smallest absolute Gasteiger partial charge is 0.167 e. The van der Waals surface area contributed by atoms with Crippen LogP contribution in [0.5, 0.6) is 0 Å². The van der Waals surface area contributed by atoms with Crippen LogP contribution in [0.25, 0.3) is 22.1 Å². The minimum Gasteiger partial charge on any atom is -0.356 e. The Hall–Kier alpha value is -2.13. The summed E-state index contributed by atoms with van der Waals surface area (Å²) in [5.41, 5.74) is 2.08. The van der Waals surface area contributed by atoms with E-state index in [9.17, 15) is 0 Å². The summed E-state index contributed by atoms with van der Waals surface area (Å²) in [5.74, 6) is 0.842. The molecule has 0 amide bonds. The largest absolute Gasteiger partial charge is 0.356 e. The van der Waals surface area contributed by atoms with Gasteiger partial charge in [-0.2, -0.15) is 0 Å². The normalized spacial score (nSPS) is 14.8. The Kier molecular flexibility index (Phi) is 2.78. The average Bonchev–Trinajstić information content (AvgIpc) is 3.21. The maximum atomic E-state index is 5.52. The van der Waals surface area contributed by atoms with Crippen LogP contribution in [-0.4, -0.2) is 11.2 Å². The standard InChI is InChI=1S/C17H16N2O/c1-2-6-15-12(4-1)5-3-7-16(15)17-10-14(19-20-17)11-18-13-8-9-13/h1-7,10,13,18H,8-9,11H2. The first-order chi connectivity index (χ1) is 9.90. The van der Waals surface area contributed by atoms with E-state index in [-0.39, 0.29) is 0 Å². The van der Waals surface area contributed by atoms with Crippen molar-refractivity contribution in [2.75, 3.05) is 0 Å². The molecule has 0 radical (unpaired) electrons. The number of rotatable bonds is 4. The molecule has 0 atom stereocenters. The highest BCUT2D eigenvalue weighted by atomic mass is 16.5. The summed E-state index contributed by atoms with van der Waals surface area (Å²) < 4.78 is 5.52. The lowest BCUT2D eigenvalue weighted by Crippen LogP contribution is -2.15. The van der Waals surface area contributed by atoms with E-state index in [1.807, 2.05) is 6.07 Å². The Morgan fingerprint density at radius 3 is 2.85 bits per heavy atom. The van der Waals surface area contributed by atoms with Gasteiger partial charge in [0, 0.05) is 24.2 Å². The van der Waals surface area contributed by atoms with Crippen molar-refractivity contribution in [2.24, 2.45) is 0 Å². The molecule has 20 heavy (non-hydrogen) atoms. The lowest BCUT2D eigenvalue weighted by atomic mass is 10.0. The van der Waals surface area contributed by atoms with Crippen LogP contribution in [0.15, 0.2) is 53.1 Å². The fourth-order valence-electron chi connectivity index (χ4n) is 2.50. The molecule has 4 rings (SSSR count).